The van der Waals surface area contributed by atoms with Crippen molar-refractivity contribution in [1.82, 2.24) is 0 Å². The summed E-state index contributed by atoms with van der Waals surface area (Å²) in [6.45, 7) is 1.49. The van der Waals surface area contributed by atoms with Gasteiger partial charge in [-0.15, -0.1) is 0 Å². The fourth-order valence-electron chi connectivity index (χ4n) is 1.50. The normalized spacial score (nSPS) is 14.7. The van der Waals surface area contributed by atoms with Gasteiger partial charge < -0.3 is 4.74 Å². The van der Waals surface area contributed by atoms with Gasteiger partial charge in [0.05, 0.1) is 19.3 Å². The third-order valence-corrected chi connectivity index (χ3v) is 4.36. The number of esters is 1. The van der Waals surface area contributed by atoms with Crippen LogP contribution in [0.5, 0.6) is 0 Å². The molecule has 0 N–H and O–H groups in total. The first-order chi connectivity index (χ1) is 8.86. The van der Waals surface area contributed by atoms with E-state index in [4.69, 9.17) is 0 Å². The zero-order valence-electron chi connectivity index (χ0n) is 10.8. The molecule has 1 aromatic carbocycles. The van der Waals surface area contributed by atoms with E-state index in [9.17, 15) is 17.8 Å². The summed E-state index contributed by atoms with van der Waals surface area (Å²) in [5, 5.41) is -0.665. The number of benzene rings is 1. The predicted molar refractivity (Wildman–Crippen MR) is 69.4 cm³/mol. The fraction of sp³-hybridized carbons (Fsp3) is 0.462. The zero-order valence-corrected chi connectivity index (χ0v) is 11.6. The summed E-state index contributed by atoms with van der Waals surface area (Å²) in [5.41, 5.74) is -0.173. The summed E-state index contributed by atoms with van der Waals surface area (Å²) >= 11 is 0. The van der Waals surface area contributed by atoms with E-state index in [2.05, 4.69) is 4.74 Å². The van der Waals surface area contributed by atoms with Crippen LogP contribution in [0, 0.1) is 0 Å². The van der Waals surface area contributed by atoms with Crippen molar-refractivity contribution in [3.05, 3.63) is 35.9 Å². The van der Waals surface area contributed by atoms with Gasteiger partial charge in [-0.1, -0.05) is 37.3 Å². The van der Waals surface area contributed by atoms with Crippen LogP contribution >= 0.6 is 0 Å². The molecule has 106 valence electrons. The van der Waals surface area contributed by atoms with Gasteiger partial charge in [-0.25, -0.2) is 8.78 Å². The molecule has 0 aliphatic carbocycles. The molecule has 3 nitrogen and oxygen atoms in total. The minimum Gasteiger partial charge on any atom is -0.469 e. The summed E-state index contributed by atoms with van der Waals surface area (Å²) in [7, 11) is -0.603. The lowest BCUT2D eigenvalue weighted by molar-refractivity contribution is -0.140. The van der Waals surface area contributed by atoms with Gasteiger partial charge in [0, 0.05) is 21.6 Å². The Morgan fingerprint density at radius 1 is 1.37 bits per heavy atom. The molecular weight excluding hydrogens is 274 g/mol. The van der Waals surface area contributed by atoms with Gasteiger partial charge >= 0.3 is 5.97 Å². The highest BCUT2D eigenvalue weighted by Crippen LogP contribution is 2.29. The van der Waals surface area contributed by atoms with Gasteiger partial charge in [0.25, 0.3) is 5.92 Å². The Morgan fingerprint density at radius 3 is 2.47 bits per heavy atom. The van der Waals surface area contributed by atoms with Gasteiger partial charge in [0.1, 0.15) is 0 Å². The Kier molecular flexibility index (Phi) is 5.60. The molecule has 2 unspecified atom stereocenters. The van der Waals surface area contributed by atoms with Crippen LogP contribution in [0.3, 0.4) is 0 Å². The Morgan fingerprint density at radius 2 is 1.95 bits per heavy atom. The van der Waals surface area contributed by atoms with Gasteiger partial charge in [0.2, 0.25) is 0 Å². The number of alkyl halides is 2. The second-order valence-electron chi connectivity index (χ2n) is 4.19. The van der Waals surface area contributed by atoms with Crippen molar-refractivity contribution in [1.29, 1.82) is 0 Å². The third kappa shape index (κ3) is 4.70. The second-order valence-corrected chi connectivity index (χ2v) is 6.04. The molecule has 0 radical (unpaired) electrons. The quantitative estimate of drug-likeness (QED) is 0.756. The third-order valence-electron chi connectivity index (χ3n) is 2.65. The molecular formula is C13H16F2O3S. The molecule has 0 saturated heterocycles. The van der Waals surface area contributed by atoms with Crippen molar-refractivity contribution in [3.8, 4) is 0 Å². The average Bonchev–Trinajstić information content (AvgIpc) is 2.39. The molecule has 6 heteroatoms. The first-order valence-electron chi connectivity index (χ1n) is 5.74. The summed E-state index contributed by atoms with van der Waals surface area (Å²) in [4.78, 5) is 11.0. The first kappa shape index (κ1) is 15.8. The van der Waals surface area contributed by atoms with Crippen LogP contribution in [0.4, 0.5) is 8.78 Å². The molecule has 0 heterocycles. The van der Waals surface area contributed by atoms with Crippen LogP contribution in [0.2, 0.25) is 0 Å². The molecule has 0 aliphatic heterocycles. The predicted octanol–water partition coefficient (Wildman–Crippen LogP) is 2.48. The van der Waals surface area contributed by atoms with Gasteiger partial charge in [-0.3, -0.25) is 9.00 Å². The number of hydrogen-bond donors (Lipinski definition) is 0. The van der Waals surface area contributed by atoms with Crippen molar-refractivity contribution in [2.75, 3.05) is 12.9 Å². The monoisotopic (exact) mass is 290 g/mol. The van der Waals surface area contributed by atoms with E-state index in [0.29, 0.717) is 0 Å². The standard InChI is InChI=1S/C13H16F2O3S/c1-10(8-12(16)18-2)19(17)9-13(14,15)11-6-4-3-5-7-11/h3-7,10H,8-9H2,1-2H3. The SMILES string of the molecule is COC(=O)CC(C)S(=O)CC(F)(F)c1ccccc1. The van der Waals surface area contributed by atoms with Gasteiger partial charge in [-0.2, -0.15) is 0 Å². The summed E-state index contributed by atoms with van der Waals surface area (Å²) < 4.78 is 44.0. The lowest BCUT2D eigenvalue weighted by Crippen LogP contribution is -2.28. The topological polar surface area (TPSA) is 43.4 Å². The van der Waals surface area contributed by atoms with Crippen molar-refractivity contribution >= 4 is 16.8 Å². The van der Waals surface area contributed by atoms with Crippen LogP contribution in [-0.2, 0) is 26.3 Å². The molecule has 1 aromatic rings. The number of methoxy groups -OCH3 is 1. The number of carbonyl (C=O) groups is 1. The Bertz CT molecular complexity index is 448. The molecule has 0 amide bonds. The van der Waals surface area contributed by atoms with Crippen molar-refractivity contribution < 1.29 is 22.5 Å². The van der Waals surface area contributed by atoms with Crippen LogP contribution < -0.4 is 0 Å². The minimum atomic E-state index is -3.17. The van der Waals surface area contributed by atoms with Gasteiger partial charge in [0.15, 0.2) is 0 Å². The molecule has 0 fully saturated rings. The maximum Gasteiger partial charge on any atom is 0.306 e. The Balaban J connectivity index is 2.68. The minimum absolute atomic E-state index is 0.131. The van der Waals surface area contributed by atoms with E-state index in [-0.39, 0.29) is 12.0 Å². The summed E-state index contributed by atoms with van der Waals surface area (Å²) in [6.07, 6.45) is -0.131. The maximum absolute atomic E-state index is 13.9. The van der Waals surface area contributed by atoms with Crippen molar-refractivity contribution in [2.24, 2.45) is 0 Å². The molecule has 0 aromatic heterocycles. The van der Waals surface area contributed by atoms with E-state index in [1.54, 1.807) is 6.07 Å². The van der Waals surface area contributed by atoms with E-state index in [0.717, 1.165) is 0 Å². The van der Waals surface area contributed by atoms with E-state index in [1.807, 2.05) is 0 Å². The summed E-state index contributed by atoms with van der Waals surface area (Å²) in [5.74, 6) is -4.52. The van der Waals surface area contributed by atoms with Gasteiger partial charge in [-0.05, 0) is 0 Å². The van der Waals surface area contributed by atoms with Crippen LogP contribution in [-0.4, -0.2) is 28.3 Å². The largest absolute Gasteiger partial charge is 0.469 e. The lowest BCUT2D eigenvalue weighted by atomic mass is 10.1. The average molecular weight is 290 g/mol. The lowest BCUT2D eigenvalue weighted by Gasteiger charge is -2.18. The second kappa shape index (κ2) is 6.75. The van der Waals surface area contributed by atoms with Crippen molar-refractivity contribution in [2.45, 2.75) is 24.5 Å². The molecule has 1 rings (SSSR count). The highest BCUT2D eigenvalue weighted by molar-refractivity contribution is 7.85. The number of carbonyl (C=O) groups excluding carboxylic acids is 1. The Hall–Kier alpha value is -1.30. The molecule has 0 aliphatic rings. The van der Waals surface area contributed by atoms with Crippen LogP contribution in [0.25, 0.3) is 0 Å². The highest BCUT2D eigenvalue weighted by atomic mass is 32.2. The zero-order chi connectivity index (χ0) is 14.5. The van der Waals surface area contributed by atoms with Crippen LogP contribution in [0.15, 0.2) is 30.3 Å². The molecule has 2 atom stereocenters. The number of hydrogen-bond acceptors (Lipinski definition) is 3. The summed E-state index contributed by atoms with van der Waals surface area (Å²) in [6, 6.07) is 7.23. The van der Waals surface area contributed by atoms with E-state index >= 15 is 0 Å². The smallest absolute Gasteiger partial charge is 0.306 e. The first-order valence-corrected chi connectivity index (χ1v) is 7.12. The van der Waals surface area contributed by atoms with Crippen molar-refractivity contribution in [3.63, 3.8) is 0 Å². The highest BCUT2D eigenvalue weighted by Gasteiger charge is 2.35. The molecule has 19 heavy (non-hydrogen) atoms. The van der Waals surface area contributed by atoms with E-state index in [1.165, 1.54) is 38.3 Å². The molecule has 0 saturated carbocycles. The fourth-order valence-corrected chi connectivity index (χ4v) is 2.63. The Labute approximate surface area is 113 Å². The molecule has 0 spiro atoms. The number of ether oxygens (including phenoxy) is 1. The maximum atomic E-state index is 13.9. The van der Waals surface area contributed by atoms with E-state index < -0.39 is 33.7 Å². The number of rotatable bonds is 6. The van der Waals surface area contributed by atoms with Crippen LogP contribution in [0.1, 0.15) is 18.9 Å². The molecule has 0 bridgehead atoms. The number of halogens is 2.